The number of benzene rings is 2. The number of hydrogen-bond donors (Lipinski definition) is 1. The molecule has 0 atom stereocenters. The molecule has 1 saturated heterocycles. The Hall–Kier alpha value is -3.40. The lowest BCUT2D eigenvalue weighted by Gasteiger charge is -2.30. The average Bonchev–Trinajstić information content (AvgIpc) is 3.56. The standard InChI is InChI=1S/C27H25ClN4O4S/c1-17-3-2-4-22(29-17)26-25(19-5-10-23-24(15-19)36-16-35-23)30-27(31-26)18-11-13-32(14-12-18)37(33,34)21-8-6-20(28)7-9-21/h2-10,15,18H,11-14,16H2,1H3,(H,30,31). The molecule has 4 aromatic rings. The molecule has 0 spiro atoms. The van der Waals surface area contributed by atoms with Gasteiger partial charge in [-0.1, -0.05) is 17.7 Å². The van der Waals surface area contributed by atoms with E-state index in [9.17, 15) is 8.42 Å². The van der Waals surface area contributed by atoms with Gasteiger partial charge in [0.05, 0.1) is 22.0 Å². The maximum Gasteiger partial charge on any atom is 0.243 e. The smallest absolute Gasteiger partial charge is 0.243 e. The van der Waals surface area contributed by atoms with Crippen molar-refractivity contribution in [2.45, 2.75) is 30.6 Å². The molecule has 6 rings (SSSR count). The fourth-order valence-corrected chi connectivity index (χ4v) is 6.43. The number of aryl methyl sites for hydroxylation is 1. The lowest BCUT2D eigenvalue weighted by molar-refractivity contribution is 0.174. The molecular weight excluding hydrogens is 512 g/mol. The predicted molar refractivity (Wildman–Crippen MR) is 140 cm³/mol. The van der Waals surface area contributed by atoms with Crippen molar-refractivity contribution in [3.8, 4) is 34.1 Å². The van der Waals surface area contributed by atoms with Gasteiger partial charge in [-0.3, -0.25) is 4.98 Å². The van der Waals surface area contributed by atoms with Crippen molar-refractivity contribution < 1.29 is 17.9 Å². The van der Waals surface area contributed by atoms with Crippen LogP contribution in [0.2, 0.25) is 5.02 Å². The number of nitrogens with one attached hydrogen (secondary N) is 1. The molecule has 8 nitrogen and oxygen atoms in total. The quantitative estimate of drug-likeness (QED) is 0.367. The Morgan fingerprint density at radius 1 is 0.973 bits per heavy atom. The molecule has 0 aliphatic carbocycles. The fraction of sp³-hybridized carbons (Fsp3) is 0.259. The summed E-state index contributed by atoms with van der Waals surface area (Å²) in [5.41, 5.74) is 4.21. The summed E-state index contributed by atoms with van der Waals surface area (Å²) in [5, 5.41) is 0.507. The molecule has 37 heavy (non-hydrogen) atoms. The summed E-state index contributed by atoms with van der Waals surface area (Å²) in [6.07, 6.45) is 1.31. The Labute approximate surface area is 220 Å². The SMILES string of the molecule is Cc1cccc(-c2[nH]c(C3CCN(S(=O)(=O)c4ccc(Cl)cc4)CC3)nc2-c2ccc3c(c2)OCO3)n1. The summed E-state index contributed by atoms with van der Waals surface area (Å²) in [4.78, 5) is 13.5. The van der Waals surface area contributed by atoms with Gasteiger partial charge in [-0.25, -0.2) is 13.4 Å². The first kappa shape index (κ1) is 24.0. The van der Waals surface area contributed by atoms with Crippen LogP contribution in [0.4, 0.5) is 0 Å². The molecule has 2 aromatic heterocycles. The second-order valence-electron chi connectivity index (χ2n) is 9.21. The maximum atomic E-state index is 13.1. The monoisotopic (exact) mass is 536 g/mol. The van der Waals surface area contributed by atoms with Crippen molar-refractivity contribution in [2.75, 3.05) is 19.9 Å². The van der Waals surface area contributed by atoms with Crippen LogP contribution in [0.1, 0.15) is 30.3 Å². The van der Waals surface area contributed by atoms with Gasteiger partial charge in [0.25, 0.3) is 0 Å². The van der Waals surface area contributed by atoms with Gasteiger partial charge in [-0.15, -0.1) is 0 Å². The van der Waals surface area contributed by atoms with Gasteiger partial charge < -0.3 is 14.5 Å². The third kappa shape index (κ3) is 4.58. The van der Waals surface area contributed by atoms with E-state index in [0.717, 1.165) is 34.2 Å². The summed E-state index contributed by atoms with van der Waals surface area (Å²) in [6.45, 7) is 2.98. The van der Waals surface area contributed by atoms with Gasteiger partial charge in [0.15, 0.2) is 11.5 Å². The second kappa shape index (κ2) is 9.48. The highest BCUT2D eigenvalue weighted by atomic mass is 35.5. The summed E-state index contributed by atoms with van der Waals surface area (Å²) in [7, 11) is -3.58. The van der Waals surface area contributed by atoms with Crippen LogP contribution < -0.4 is 9.47 Å². The number of hydrogen-bond acceptors (Lipinski definition) is 6. The molecule has 0 saturated carbocycles. The predicted octanol–water partition coefficient (Wildman–Crippen LogP) is 5.40. The van der Waals surface area contributed by atoms with Crippen LogP contribution in [-0.2, 0) is 10.0 Å². The van der Waals surface area contributed by atoms with E-state index in [1.807, 2.05) is 43.3 Å². The topological polar surface area (TPSA) is 97.4 Å². The average molecular weight is 537 g/mol. The largest absolute Gasteiger partial charge is 0.454 e. The molecular formula is C27H25ClN4O4S. The number of ether oxygens (including phenoxy) is 2. The van der Waals surface area contributed by atoms with Gasteiger partial charge in [0.1, 0.15) is 5.82 Å². The summed E-state index contributed by atoms with van der Waals surface area (Å²) < 4.78 is 38.8. The molecule has 0 bridgehead atoms. The Bertz CT molecular complexity index is 1560. The first-order valence-electron chi connectivity index (χ1n) is 12.1. The third-order valence-electron chi connectivity index (χ3n) is 6.80. The zero-order valence-corrected chi connectivity index (χ0v) is 21.7. The van der Waals surface area contributed by atoms with Crippen molar-refractivity contribution in [2.24, 2.45) is 0 Å². The molecule has 2 aliphatic rings. The summed E-state index contributed by atoms with van der Waals surface area (Å²) >= 11 is 5.94. The Morgan fingerprint density at radius 2 is 1.73 bits per heavy atom. The van der Waals surface area contributed by atoms with Gasteiger partial charge in [-0.05, 0) is 74.4 Å². The number of nitrogens with zero attached hydrogens (tertiary/aromatic N) is 3. The lowest BCUT2D eigenvalue weighted by Crippen LogP contribution is -2.38. The fourth-order valence-electron chi connectivity index (χ4n) is 4.83. The van der Waals surface area contributed by atoms with Crippen LogP contribution in [0.15, 0.2) is 65.6 Å². The number of rotatable bonds is 5. The number of H-pyrrole nitrogens is 1. The number of pyridine rings is 1. The normalized spacial score (nSPS) is 16.3. The Kier molecular flexibility index (Phi) is 6.14. The second-order valence-corrected chi connectivity index (χ2v) is 11.6. The van der Waals surface area contributed by atoms with Crippen LogP contribution in [0, 0.1) is 6.92 Å². The van der Waals surface area contributed by atoms with Gasteiger partial charge in [0.2, 0.25) is 16.8 Å². The molecule has 0 radical (unpaired) electrons. The van der Waals surface area contributed by atoms with E-state index in [0.29, 0.717) is 42.5 Å². The molecule has 0 amide bonds. The molecule has 10 heteroatoms. The van der Waals surface area contributed by atoms with Crippen molar-refractivity contribution in [1.82, 2.24) is 19.3 Å². The number of imidazole rings is 1. The number of piperidine rings is 1. The Morgan fingerprint density at radius 3 is 2.49 bits per heavy atom. The van der Waals surface area contributed by atoms with E-state index < -0.39 is 10.0 Å². The lowest BCUT2D eigenvalue weighted by atomic mass is 9.97. The summed E-state index contributed by atoms with van der Waals surface area (Å²) in [6, 6.07) is 18.0. The van der Waals surface area contributed by atoms with E-state index in [-0.39, 0.29) is 17.6 Å². The number of sulfonamides is 1. The number of halogens is 1. The van der Waals surface area contributed by atoms with Crippen molar-refractivity contribution in [1.29, 1.82) is 0 Å². The molecule has 4 heterocycles. The third-order valence-corrected chi connectivity index (χ3v) is 8.97. The highest BCUT2D eigenvalue weighted by Crippen LogP contribution is 2.40. The maximum absolute atomic E-state index is 13.1. The highest BCUT2D eigenvalue weighted by Gasteiger charge is 2.32. The van der Waals surface area contributed by atoms with E-state index in [2.05, 4.69) is 4.98 Å². The Balaban J connectivity index is 1.30. The van der Waals surface area contributed by atoms with E-state index >= 15 is 0 Å². The van der Waals surface area contributed by atoms with Crippen molar-refractivity contribution in [3.63, 3.8) is 0 Å². The van der Waals surface area contributed by atoms with Gasteiger partial charge >= 0.3 is 0 Å². The van der Waals surface area contributed by atoms with Crippen molar-refractivity contribution in [3.05, 3.63) is 77.2 Å². The van der Waals surface area contributed by atoms with E-state index in [4.69, 9.17) is 31.0 Å². The van der Waals surface area contributed by atoms with Crippen LogP contribution in [-0.4, -0.2) is 47.6 Å². The van der Waals surface area contributed by atoms with E-state index in [1.165, 1.54) is 4.31 Å². The highest BCUT2D eigenvalue weighted by molar-refractivity contribution is 7.89. The van der Waals surface area contributed by atoms with Crippen LogP contribution in [0.5, 0.6) is 11.5 Å². The molecule has 2 aliphatic heterocycles. The van der Waals surface area contributed by atoms with Crippen LogP contribution in [0.3, 0.4) is 0 Å². The first-order valence-corrected chi connectivity index (χ1v) is 13.9. The zero-order chi connectivity index (χ0) is 25.6. The number of aromatic amines is 1. The molecule has 0 unspecified atom stereocenters. The number of fused-ring (bicyclic) bond motifs is 1. The molecule has 1 fully saturated rings. The minimum absolute atomic E-state index is 0.0861. The minimum atomic E-state index is -3.58. The van der Waals surface area contributed by atoms with Crippen LogP contribution >= 0.6 is 11.6 Å². The van der Waals surface area contributed by atoms with Gasteiger partial charge in [0, 0.05) is 35.3 Å². The van der Waals surface area contributed by atoms with Gasteiger partial charge in [-0.2, -0.15) is 4.31 Å². The van der Waals surface area contributed by atoms with Crippen LogP contribution in [0.25, 0.3) is 22.6 Å². The number of aromatic nitrogens is 3. The molecule has 2 aromatic carbocycles. The van der Waals surface area contributed by atoms with Crippen molar-refractivity contribution >= 4 is 21.6 Å². The van der Waals surface area contributed by atoms with E-state index in [1.54, 1.807) is 24.3 Å². The zero-order valence-electron chi connectivity index (χ0n) is 20.1. The minimum Gasteiger partial charge on any atom is -0.454 e. The molecule has 190 valence electrons. The first-order chi connectivity index (χ1) is 17.9. The summed E-state index contributed by atoms with van der Waals surface area (Å²) in [5.74, 6) is 2.31. The molecule has 1 N–H and O–H groups in total.